The van der Waals surface area contributed by atoms with E-state index in [1.54, 1.807) is 0 Å². The molecule has 3 aromatic rings. The van der Waals surface area contributed by atoms with Gasteiger partial charge in [0.05, 0.1) is 33.5 Å². The van der Waals surface area contributed by atoms with E-state index in [0.717, 1.165) is 57.8 Å². The molecular formula is C33H32Cl3N5. The zero-order chi connectivity index (χ0) is 27.1. The van der Waals surface area contributed by atoms with Crippen LogP contribution in [0.1, 0.15) is 32.1 Å². The van der Waals surface area contributed by atoms with Crippen LogP contribution in [0.2, 0.25) is 10.0 Å². The maximum absolute atomic E-state index is 6.26. The van der Waals surface area contributed by atoms with Crippen molar-refractivity contribution in [2.45, 2.75) is 37.6 Å². The van der Waals surface area contributed by atoms with Gasteiger partial charge in [-0.05, 0) is 118 Å². The number of rotatable bonds is 6. The Labute approximate surface area is 256 Å². The highest BCUT2D eigenvalue weighted by Gasteiger charge is 2.43. The first-order chi connectivity index (χ1) is 19.6. The lowest BCUT2D eigenvalue weighted by Crippen LogP contribution is -2.38. The third kappa shape index (κ3) is 5.44. The molecule has 0 atom stereocenters. The average molecular weight is 605 g/mol. The highest BCUT2D eigenvalue weighted by atomic mass is 35.5. The molecule has 0 saturated carbocycles. The van der Waals surface area contributed by atoms with Crippen LogP contribution in [-0.2, 0) is 0 Å². The molecule has 1 N–H and O–H groups in total. The van der Waals surface area contributed by atoms with E-state index in [1.165, 1.54) is 38.8 Å². The van der Waals surface area contributed by atoms with Crippen LogP contribution in [0.5, 0.6) is 0 Å². The van der Waals surface area contributed by atoms with Crippen molar-refractivity contribution in [1.82, 2.24) is 14.5 Å². The number of hydrogen-bond acceptors (Lipinski definition) is 4. The minimum atomic E-state index is 0. The molecule has 1 aliphatic carbocycles. The molecule has 0 amide bonds. The Morgan fingerprint density at radius 1 is 0.854 bits per heavy atom. The first kappa shape index (κ1) is 28.0. The van der Waals surface area contributed by atoms with E-state index in [2.05, 4.69) is 57.2 Å². The maximum Gasteiger partial charge on any atom is 0.0900 e. The van der Waals surface area contributed by atoms with Gasteiger partial charge < -0.3 is 9.88 Å². The Hall–Kier alpha value is -3.09. The lowest BCUT2D eigenvalue weighted by atomic mass is 9.90. The van der Waals surface area contributed by atoms with Gasteiger partial charge in [-0.3, -0.25) is 9.89 Å². The minimum Gasteiger partial charge on any atom is -0.354 e. The summed E-state index contributed by atoms with van der Waals surface area (Å²) in [6, 6.07) is 28.3. The van der Waals surface area contributed by atoms with Gasteiger partial charge in [-0.25, -0.2) is 4.98 Å². The zero-order valence-corrected chi connectivity index (χ0v) is 25.0. The van der Waals surface area contributed by atoms with Crippen molar-refractivity contribution >= 4 is 58.0 Å². The first-order valence-corrected chi connectivity index (χ1v) is 14.8. The molecule has 0 aromatic heterocycles. The van der Waals surface area contributed by atoms with Gasteiger partial charge in [0, 0.05) is 33.5 Å². The van der Waals surface area contributed by atoms with Crippen molar-refractivity contribution in [3.05, 3.63) is 100 Å². The molecule has 7 rings (SSSR count). The van der Waals surface area contributed by atoms with E-state index in [-0.39, 0.29) is 12.4 Å². The summed E-state index contributed by atoms with van der Waals surface area (Å²) in [6.07, 6.45) is 6.29. The molecule has 41 heavy (non-hydrogen) atoms. The van der Waals surface area contributed by atoms with Crippen molar-refractivity contribution < 1.29 is 0 Å². The second-order valence-electron chi connectivity index (χ2n) is 11.0. The number of aromatic nitrogens is 2. The Morgan fingerprint density at radius 3 is 2.27 bits per heavy atom. The molecule has 0 unspecified atom stereocenters. The van der Waals surface area contributed by atoms with Crippen LogP contribution in [0.4, 0.5) is 11.4 Å². The van der Waals surface area contributed by atoms with Crippen LogP contribution >= 0.6 is 35.6 Å². The quantitative estimate of drug-likeness (QED) is 0.198. The van der Waals surface area contributed by atoms with Crippen LogP contribution < -0.4 is 10.7 Å². The first-order valence-electron chi connectivity index (χ1n) is 14.1. The number of benzene rings is 4. The second-order valence-corrected chi connectivity index (χ2v) is 11.8. The maximum atomic E-state index is 6.26. The molecule has 4 aliphatic rings. The highest BCUT2D eigenvalue weighted by molar-refractivity contribution is 6.30. The molecule has 5 nitrogen and oxygen atoms in total. The van der Waals surface area contributed by atoms with Gasteiger partial charge in [0.25, 0.3) is 0 Å². The van der Waals surface area contributed by atoms with Gasteiger partial charge in [-0.15, -0.1) is 12.4 Å². The van der Waals surface area contributed by atoms with E-state index in [0.29, 0.717) is 15.6 Å². The van der Waals surface area contributed by atoms with E-state index in [9.17, 15) is 0 Å². The topological polar surface area (TPSA) is 45.5 Å². The molecule has 0 spiro atoms. The van der Waals surface area contributed by atoms with Gasteiger partial charge in [-0.2, -0.15) is 0 Å². The van der Waals surface area contributed by atoms with E-state index in [1.807, 2.05) is 42.5 Å². The summed E-state index contributed by atoms with van der Waals surface area (Å²) in [7, 11) is 0. The predicted molar refractivity (Wildman–Crippen MR) is 173 cm³/mol. The lowest BCUT2D eigenvalue weighted by Gasteiger charge is -2.31. The number of hydrogen-bond donors (Lipinski definition) is 1. The summed E-state index contributed by atoms with van der Waals surface area (Å²) in [6.45, 7) is 3.26. The van der Waals surface area contributed by atoms with Gasteiger partial charge in [-0.1, -0.05) is 35.3 Å². The van der Waals surface area contributed by atoms with Gasteiger partial charge in [0.15, 0.2) is 0 Å². The summed E-state index contributed by atoms with van der Waals surface area (Å²) in [5, 5.41) is 5.96. The minimum absolute atomic E-state index is 0. The molecule has 3 heterocycles. The van der Waals surface area contributed by atoms with Gasteiger partial charge in [0.1, 0.15) is 0 Å². The molecule has 0 bridgehead atoms. The van der Waals surface area contributed by atoms with Crippen molar-refractivity contribution in [3.63, 3.8) is 0 Å². The van der Waals surface area contributed by atoms with E-state index in [4.69, 9.17) is 33.2 Å². The van der Waals surface area contributed by atoms with Crippen LogP contribution in [0, 0.1) is 0 Å². The highest BCUT2D eigenvalue weighted by Crippen LogP contribution is 2.41. The number of nitrogens with zero attached hydrogens (tertiary/aromatic N) is 4. The summed E-state index contributed by atoms with van der Waals surface area (Å²) in [4.78, 5) is 13.0. The standard InChI is InChI=1S/C33H31Cl2N5.ClH/c34-23-7-11-25(12-8-23)37-29-21-30-32(22-28(29)36-18-17-33-15-3-19-39(33)20-4-16-33)40(26-13-9-24(35)10-14-26)31-6-2-1-5-27(31)38-30;/h1-2,5-14,21-22,37H,3-4,15-20H2;1H. The molecule has 3 aliphatic heterocycles. The predicted octanol–water partition coefficient (Wildman–Crippen LogP) is 8.52. The SMILES string of the molecule is Cl.Clc1ccc(Nc2cc3nc4ccccc4n(-c4ccc(Cl)cc4)c-3cc2=NCCC23CCCN2CCC3)cc1. The van der Waals surface area contributed by atoms with Crippen LogP contribution in [0.25, 0.3) is 28.1 Å². The number of para-hydroxylation sites is 2. The monoisotopic (exact) mass is 603 g/mol. The molecular weight excluding hydrogens is 573 g/mol. The summed E-state index contributed by atoms with van der Waals surface area (Å²) >= 11 is 12.4. The Bertz CT molecular complexity index is 1700. The lowest BCUT2D eigenvalue weighted by molar-refractivity contribution is 0.185. The van der Waals surface area contributed by atoms with Crippen LogP contribution in [-0.4, -0.2) is 39.6 Å². The summed E-state index contributed by atoms with van der Waals surface area (Å²) < 4.78 is 2.26. The molecule has 3 aromatic carbocycles. The van der Waals surface area contributed by atoms with E-state index < -0.39 is 0 Å². The second kappa shape index (κ2) is 11.7. The van der Waals surface area contributed by atoms with Crippen molar-refractivity contribution in [1.29, 1.82) is 0 Å². The normalized spacial score (nSPS) is 16.7. The zero-order valence-electron chi connectivity index (χ0n) is 22.7. The Kier molecular flexibility index (Phi) is 7.97. The number of halogens is 3. The third-order valence-corrected chi connectivity index (χ3v) is 9.08. The largest absolute Gasteiger partial charge is 0.354 e. The van der Waals surface area contributed by atoms with Crippen LogP contribution in [0.15, 0.2) is 89.9 Å². The molecule has 2 fully saturated rings. The van der Waals surface area contributed by atoms with Gasteiger partial charge >= 0.3 is 0 Å². The summed E-state index contributed by atoms with van der Waals surface area (Å²) in [5.41, 5.74) is 7.12. The number of fused-ring (bicyclic) bond motifs is 3. The Morgan fingerprint density at radius 2 is 1.54 bits per heavy atom. The molecule has 210 valence electrons. The van der Waals surface area contributed by atoms with E-state index >= 15 is 0 Å². The average Bonchev–Trinajstić information content (AvgIpc) is 3.54. The number of nitrogens with one attached hydrogen (secondary N) is 1. The van der Waals surface area contributed by atoms with Crippen LogP contribution in [0.3, 0.4) is 0 Å². The fourth-order valence-electron chi connectivity index (χ4n) is 6.65. The molecule has 8 heteroatoms. The van der Waals surface area contributed by atoms with Crippen molar-refractivity contribution in [2.75, 3.05) is 25.0 Å². The number of anilines is 2. The van der Waals surface area contributed by atoms with Gasteiger partial charge in [0.2, 0.25) is 0 Å². The van der Waals surface area contributed by atoms with Crippen molar-refractivity contribution in [3.8, 4) is 17.1 Å². The Balaban J connectivity index is 0.00000302. The molecule has 2 saturated heterocycles. The smallest absolute Gasteiger partial charge is 0.0900 e. The fourth-order valence-corrected chi connectivity index (χ4v) is 6.90. The van der Waals surface area contributed by atoms with Crippen molar-refractivity contribution in [2.24, 2.45) is 4.99 Å². The summed E-state index contributed by atoms with van der Waals surface area (Å²) in [5.74, 6) is 0. The fraction of sp³-hybridized carbons (Fsp3) is 0.273. The molecule has 0 radical (unpaired) electrons. The third-order valence-electron chi connectivity index (χ3n) is 8.58.